The van der Waals surface area contributed by atoms with Gasteiger partial charge in [-0.05, 0) is 162 Å². The maximum absolute atomic E-state index is 12.0. The van der Waals surface area contributed by atoms with Crippen molar-refractivity contribution in [2.24, 2.45) is 0 Å². The number of halogens is 6. The molecule has 0 aromatic heterocycles. The largest absolute Gasteiger partial charge is 0.322 e. The van der Waals surface area contributed by atoms with Crippen LogP contribution in [0.25, 0.3) is 0 Å². The number of anilines is 3. The zero-order chi connectivity index (χ0) is 48.9. The Morgan fingerprint density at radius 3 is 1.09 bits per heavy atom. The van der Waals surface area contributed by atoms with Gasteiger partial charge in [-0.15, -0.1) is 0 Å². The molecule has 0 saturated carbocycles. The van der Waals surface area contributed by atoms with Gasteiger partial charge in [-0.3, -0.25) is 33.6 Å². The van der Waals surface area contributed by atoms with Crippen molar-refractivity contribution in [3.63, 3.8) is 0 Å². The van der Waals surface area contributed by atoms with Gasteiger partial charge >= 0.3 is 0 Å². The van der Waals surface area contributed by atoms with Gasteiger partial charge in [0.15, 0.2) is 0 Å². The van der Waals surface area contributed by atoms with E-state index in [1.165, 1.54) is 24.3 Å². The Labute approximate surface area is 414 Å². The van der Waals surface area contributed by atoms with Crippen LogP contribution >= 0.6 is 69.6 Å². The van der Waals surface area contributed by atoms with Crippen molar-refractivity contribution in [3.8, 4) is 6.07 Å². The van der Waals surface area contributed by atoms with E-state index in [2.05, 4.69) is 16.0 Å². The van der Waals surface area contributed by atoms with Crippen molar-refractivity contribution < 1.29 is 33.6 Å². The lowest BCUT2D eigenvalue weighted by Crippen LogP contribution is -2.12. The van der Waals surface area contributed by atoms with Crippen LogP contribution in [-0.4, -0.2) is 38.7 Å². The molecule has 0 aliphatic carbocycles. The van der Waals surface area contributed by atoms with Gasteiger partial charge < -0.3 is 16.0 Å². The number of benzene rings is 7. The Morgan fingerprint density at radius 2 is 0.701 bits per heavy atom. The summed E-state index contributed by atoms with van der Waals surface area (Å²) in [5.74, 6) is -0.946. The third-order valence-electron chi connectivity index (χ3n) is 8.49. The summed E-state index contributed by atoms with van der Waals surface area (Å²) in [6.07, 6.45) is 0. The highest BCUT2D eigenvalue weighted by Crippen LogP contribution is 2.18. The van der Waals surface area contributed by atoms with Crippen LogP contribution in [0.5, 0.6) is 0 Å². The van der Waals surface area contributed by atoms with Crippen molar-refractivity contribution in [2.45, 2.75) is 0 Å². The van der Waals surface area contributed by atoms with E-state index >= 15 is 0 Å². The molecule has 7 aromatic rings. The molecule has 0 aliphatic heterocycles. The molecule has 11 nitrogen and oxygen atoms in total. The number of nitrogens with zero attached hydrogens (tertiary/aromatic N) is 1. The molecule has 0 saturated heterocycles. The Morgan fingerprint density at radius 1 is 0.343 bits per heavy atom. The van der Waals surface area contributed by atoms with Crippen LogP contribution in [0.2, 0.25) is 10.0 Å². The first-order valence-electron chi connectivity index (χ1n) is 19.1. The first-order chi connectivity index (χ1) is 32.0. The second-order valence-corrected chi connectivity index (χ2v) is 15.5. The van der Waals surface area contributed by atoms with Crippen LogP contribution in [0.15, 0.2) is 176 Å². The highest BCUT2D eigenvalue weighted by molar-refractivity contribution is 6.68. The van der Waals surface area contributed by atoms with E-state index in [9.17, 15) is 33.6 Å². The third kappa shape index (κ3) is 18.0. The van der Waals surface area contributed by atoms with Gasteiger partial charge in [-0.1, -0.05) is 83.9 Å². The van der Waals surface area contributed by atoms with E-state index in [4.69, 9.17) is 74.9 Å². The lowest BCUT2D eigenvalue weighted by molar-refractivity contribution is 0.101. The van der Waals surface area contributed by atoms with Gasteiger partial charge in [-0.25, -0.2) is 0 Å². The topological polar surface area (TPSA) is 179 Å². The van der Waals surface area contributed by atoms with E-state index < -0.39 is 21.0 Å². The molecule has 0 aliphatic rings. The molecular formula is C50H32Cl6N4O7. The number of rotatable bonds is 10. The highest BCUT2D eigenvalue weighted by Gasteiger charge is 2.11. The second-order valence-electron chi connectivity index (χ2n) is 13.3. The predicted molar refractivity (Wildman–Crippen MR) is 264 cm³/mol. The molecule has 3 amide bonds. The van der Waals surface area contributed by atoms with Crippen LogP contribution in [0.4, 0.5) is 17.1 Å². The summed E-state index contributed by atoms with van der Waals surface area (Å²) in [5.41, 5.74) is 4.65. The molecule has 7 aromatic carbocycles. The smallest absolute Gasteiger partial charge is 0.255 e. The van der Waals surface area contributed by atoms with Crippen LogP contribution in [-0.2, 0) is 0 Å². The number of nitrogens with one attached hydrogen (secondary N) is 3. The monoisotopic (exact) mass is 1010 g/mol. The molecular weight excluding hydrogens is 981 g/mol. The van der Waals surface area contributed by atoms with Gasteiger partial charge in [0.2, 0.25) is 0 Å². The van der Waals surface area contributed by atoms with Gasteiger partial charge in [0.1, 0.15) is 0 Å². The average molecular weight is 1010 g/mol. The molecule has 0 atom stereocenters. The molecule has 0 bridgehead atoms. The number of hydrogen-bond donors (Lipinski definition) is 3. The van der Waals surface area contributed by atoms with E-state index in [1.807, 2.05) is 12.1 Å². The van der Waals surface area contributed by atoms with Crippen molar-refractivity contribution in [1.82, 2.24) is 0 Å². The summed E-state index contributed by atoms with van der Waals surface area (Å²) in [7, 11) is 0. The minimum atomic E-state index is -0.590. The highest BCUT2D eigenvalue weighted by atomic mass is 35.5. The van der Waals surface area contributed by atoms with Crippen molar-refractivity contribution in [3.05, 3.63) is 230 Å². The second kappa shape index (κ2) is 26.7. The summed E-state index contributed by atoms with van der Waals surface area (Å²) >= 11 is 32.9. The van der Waals surface area contributed by atoms with E-state index in [1.54, 1.807) is 146 Å². The maximum Gasteiger partial charge on any atom is 0.255 e. The number of carbonyl (C=O) groups is 7. The maximum atomic E-state index is 12.0. The number of nitriles is 1. The van der Waals surface area contributed by atoms with Crippen LogP contribution < -0.4 is 16.0 Å². The minimum Gasteiger partial charge on any atom is -0.322 e. The van der Waals surface area contributed by atoms with Gasteiger partial charge in [0, 0.05) is 66.1 Å². The Hall–Kier alpha value is -7.14. The van der Waals surface area contributed by atoms with Crippen LogP contribution in [0.1, 0.15) is 78.1 Å². The number of hydrogen-bond acceptors (Lipinski definition) is 8. The molecule has 0 unspecified atom stereocenters. The number of amides is 3. The zero-order valence-electron chi connectivity index (χ0n) is 34.3. The number of carbonyl (C=O) groups excluding carboxylic acids is 7. The molecule has 336 valence electrons. The lowest BCUT2D eigenvalue weighted by atomic mass is 10.1. The predicted octanol–water partition coefficient (Wildman–Crippen LogP) is 13.2. The third-order valence-corrected chi connectivity index (χ3v) is 9.85. The van der Waals surface area contributed by atoms with Crippen molar-refractivity contribution >= 4 is 125 Å². The van der Waals surface area contributed by atoms with Crippen LogP contribution in [0, 0.1) is 11.3 Å². The summed E-state index contributed by atoms with van der Waals surface area (Å²) in [4.78, 5) is 79.4. The van der Waals surface area contributed by atoms with E-state index in [0.29, 0.717) is 71.6 Å². The normalized spacial score (nSPS) is 9.75. The van der Waals surface area contributed by atoms with Crippen molar-refractivity contribution in [1.29, 1.82) is 5.26 Å². The first kappa shape index (κ1) is 52.5. The fourth-order valence-electron chi connectivity index (χ4n) is 5.30. The molecule has 7 rings (SSSR count). The molecule has 17 heteroatoms. The van der Waals surface area contributed by atoms with Gasteiger partial charge in [0.25, 0.3) is 38.7 Å². The fourth-order valence-corrected chi connectivity index (χ4v) is 6.09. The van der Waals surface area contributed by atoms with E-state index in [-0.39, 0.29) is 17.7 Å². The molecule has 67 heavy (non-hydrogen) atoms. The lowest BCUT2D eigenvalue weighted by Gasteiger charge is -2.06. The summed E-state index contributed by atoms with van der Waals surface area (Å²) in [6, 6.07) is 49.3. The molecule has 3 N–H and O–H groups in total. The standard InChI is InChI=1S/C15H9ClN2O2.2C14H9Cl2NO2.C7H5ClO/c16-14(19)11-4-2-6-13(8-11)18-15(20)12-5-1-3-10(7-12)9-17;15-11-5-1-4-10(7-11)14(19)17-12-6-2-3-9(8-12)13(16)18;15-11-6-4-9(5-7-11)14(19)17-12-3-1-2-10(8-12)13(16)18;8-7(9)6-4-2-1-3-5-6/h1-8H,(H,18,20);2*1-8H,(H,17,19);1-5H. The Balaban J connectivity index is 0.000000201. The summed E-state index contributed by atoms with van der Waals surface area (Å²) in [5, 5.41) is 15.7. The van der Waals surface area contributed by atoms with Gasteiger partial charge in [0.05, 0.1) is 11.6 Å². The van der Waals surface area contributed by atoms with Gasteiger partial charge in [-0.2, -0.15) is 5.26 Å². The van der Waals surface area contributed by atoms with E-state index in [0.717, 1.165) is 0 Å². The molecule has 0 radical (unpaired) electrons. The zero-order valence-corrected chi connectivity index (χ0v) is 38.9. The first-order valence-corrected chi connectivity index (χ1v) is 21.4. The average Bonchev–Trinajstić information content (AvgIpc) is 3.33. The molecule has 0 spiro atoms. The Kier molecular flexibility index (Phi) is 20.9. The van der Waals surface area contributed by atoms with Crippen molar-refractivity contribution in [2.75, 3.05) is 16.0 Å². The fraction of sp³-hybridized carbons (Fsp3) is 0. The molecule has 0 fully saturated rings. The van der Waals surface area contributed by atoms with Crippen LogP contribution in [0.3, 0.4) is 0 Å². The minimum absolute atomic E-state index is 0.282. The summed E-state index contributed by atoms with van der Waals surface area (Å²) < 4.78 is 0. The summed E-state index contributed by atoms with van der Waals surface area (Å²) in [6.45, 7) is 0. The quantitative estimate of drug-likeness (QED) is 0.113. The molecule has 0 heterocycles. The SMILES string of the molecule is N#Cc1cccc(C(=O)Nc2cccc(C(=O)Cl)c2)c1.O=C(Cl)c1cccc(NC(=O)c2ccc(Cl)cc2)c1.O=C(Cl)c1cccc(NC(=O)c2cccc(Cl)c2)c1.O=C(Cl)c1ccccc1. The Bertz CT molecular complexity index is 2960.